The van der Waals surface area contributed by atoms with Crippen molar-refractivity contribution in [2.24, 2.45) is 0 Å². The molecule has 1 aromatic heterocycles. The van der Waals surface area contributed by atoms with E-state index in [1.807, 2.05) is 0 Å². The van der Waals surface area contributed by atoms with Gasteiger partial charge in [0.05, 0.1) is 0 Å². The molecule has 0 spiro atoms. The third-order valence-corrected chi connectivity index (χ3v) is 5.05. The van der Waals surface area contributed by atoms with E-state index < -0.39 is 29.2 Å². The molecule has 2 aliphatic rings. The molecule has 24 heavy (non-hydrogen) atoms. The number of nitrogens with zero attached hydrogens (tertiary/aromatic N) is 4. The van der Waals surface area contributed by atoms with Crippen LogP contribution in [0.15, 0.2) is 0 Å². The second-order valence-corrected chi connectivity index (χ2v) is 6.59. The van der Waals surface area contributed by atoms with Crippen LogP contribution in [-0.2, 0) is 0 Å². The fraction of sp³-hybridized carbons (Fsp3) is 0.688. The summed E-state index contributed by atoms with van der Waals surface area (Å²) in [6.07, 6.45) is 3.60. The maximum Gasteiger partial charge on any atom is 0.253 e. The molecule has 2 fully saturated rings. The third kappa shape index (κ3) is 3.49. The van der Waals surface area contributed by atoms with Crippen LogP contribution < -0.4 is 4.90 Å². The van der Waals surface area contributed by atoms with Crippen molar-refractivity contribution >= 4 is 5.69 Å². The van der Waals surface area contributed by atoms with Crippen LogP contribution in [0.1, 0.15) is 19.3 Å². The second kappa shape index (κ2) is 7.23. The van der Waals surface area contributed by atoms with Crippen LogP contribution in [-0.4, -0.2) is 67.1 Å². The van der Waals surface area contributed by atoms with Crippen LogP contribution in [0.2, 0.25) is 0 Å². The summed E-state index contributed by atoms with van der Waals surface area (Å²) < 4.78 is 54.2. The number of rotatable bonds is 3. The topological polar surface area (TPSA) is 22.6 Å². The molecule has 0 aromatic carbocycles. The number of piperidine rings is 1. The zero-order valence-corrected chi connectivity index (χ0v) is 13.7. The smallest absolute Gasteiger partial charge is 0.253 e. The summed E-state index contributed by atoms with van der Waals surface area (Å²) in [5.41, 5.74) is -0.644. The van der Waals surface area contributed by atoms with Gasteiger partial charge in [0.1, 0.15) is 5.69 Å². The first-order valence-electron chi connectivity index (χ1n) is 8.35. The van der Waals surface area contributed by atoms with Crippen LogP contribution >= 0.6 is 0 Å². The van der Waals surface area contributed by atoms with Gasteiger partial charge in [-0.15, -0.1) is 0 Å². The van der Waals surface area contributed by atoms with Gasteiger partial charge in [-0.3, -0.25) is 4.90 Å². The average Bonchev–Trinajstić information content (AvgIpc) is 2.57. The molecule has 4 nitrogen and oxygen atoms in total. The molecule has 3 heterocycles. The summed E-state index contributed by atoms with van der Waals surface area (Å²) in [5, 5.41) is 0. The Bertz CT molecular complexity index is 564. The molecule has 1 atom stereocenters. The van der Waals surface area contributed by atoms with Crippen LogP contribution in [0.3, 0.4) is 0 Å². The number of hydrogen-bond acceptors (Lipinski definition) is 4. The Kier molecular flexibility index (Phi) is 5.24. The quantitative estimate of drug-likeness (QED) is 0.618. The molecule has 1 unspecified atom stereocenters. The highest BCUT2D eigenvalue weighted by Crippen LogP contribution is 2.27. The van der Waals surface area contributed by atoms with Crippen molar-refractivity contribution in [2.75, 3.05) is 51.2 Å². The fourth-order valence-corrected chi connectivity index (χ4v) is 3.58. The van der Waals surface area contributed by atoms with Crippen molar-refractivity contribution in [1.29, 1.82) is 0 Å². The lowest BCUT2D eigenvalue weighted by molar-refractivity contribution is 0.124. The van der Waals surface area contributed by atoms with Crippen molar-refractivity contribution in [1.82, 2.24) is 14.8 Å². The van der Waals surface area contributed by atoms with Crippen molar-refractivity contribution in [2.45, 2.75) is 25.3 Å². The van der Waals surface area contributed by atoms with Crippen molar-refractivity contribution in [3.8, 4) is 0 Å². The van der Waals surface area contributed by atoms with E-state index in [0.29, 0.717) is 32.2 Å². The van der Waals surface area contributed by atoms with Crippen molar-refractivity contribution in [3.05, 3.63) is 23.5 Å². The van der Waals surface area contributed by atoms with Crippen LogP contribution in [0.5, 0.6) is 0 Å². The first kappa shape index (κ1) is 17.4. The molecule has 134 valence electrons. The maximum absolute atomic E-state index is 13.8. The van der Waals surface area contributed by atoms with Gasteiger partial charge in [-0.2, -0.15) is 22.5 Å². The number of aromatic nitrogens is 1. The van der Waals surface area contributed by atoms with Crippen molar-refractivity contribution < 1.29 is 17.6 Å². The molecule has 0 amide bonds. The molecule has 1 aromatic rings. The van der Waals surface area contributed by atoms with Gasteiger partial charge in [0.15, 0.2) is 0 Å². The van der Waals surface area contributed by atoms with E-state index in [2.05, 4.69) is 21.8 Å². The zero-order chi connectivity index (χ0) is 17.3. The molecule has 2 aliphatic heterocycles. The Labute approximate surface area is 139 Å². The number of hydrogen-bond donors (Lipinski definition) is 0. The Balaban J connectivity index is 1.63. The standard InChI is InChI=1S/C16H22F4N4/c1-22-5-3-2-4-11(22)10-23-6-8-24(9-7-23)14-12(17)15(19)21-16(20)13(14)18/h11H,2-10H2,1H3. The third-order valence-electron chi connectivity index (χ3n) is 5.05. The largest absolute Gasteiger partial charge is 0.364 e. The molecule has 3 rings (SSSR count). The molecular formula is C16H22F4N4. The summed E-state index contributed by atoms with van der Waals surface area (Å²) in [7, 11) is 2.12. The molecule has 0 radical (unpaired) electrons. The summed E-state index contributed by atoms with van der Waals surface area (Å²) >= 11 is 0. The lowest BCUT2D eigenvalue weighted by Gasteiger charge is -2.40. The summed E-state index contributed by atoms with van der Waals surface area (Å²) in [4.78, 5) is 8.56. The molecule has 2 saturated heterocycles. The number of likely N-dealkylation sites (N-methyl/N-ethyl adjacent to an activating group) is 1. The number of piperazine rings is 1. The number of pyridine rings is 1. The van der Waals surface area contributed by atoms with E-state index >= 15 is 0 Å². The van der Waals surface area contributed by atoms with E-state index in [1.54, 1.807) is 0 Å². The van der Waals surface area contributed by atoms with Crippen LogP contribution in [0.25, 0.3) is 0 Å². The van der Waals surface area contributed by atoms with E-state index in [1.165, 1.54) is 17.7 Å². The van der Waals surface area contributed by atoms with E-state index in [0.717, 1.165) is 19.5 Å². The SMILES string of the molecule is CN1CCCCC1CN1CCN(c2c(F)c(F)nc(F)c2F)CC1. The average molecular weight is 346 g/mol. The van der Waals surface area contributed by atoms with Gasteiger partial charge in [-0.1, -0.05) is 6.42 Å². The lowest BCUT2D eigenvalue weighted by atomic mass is 10.0. The van der Waals surface area contributed by atoms with Crippen molar-refractivity contribution in [3.63, 3.8) is 0 Å². The minimum absolute atomic E-state index is 0.327. The predicted molar refractivity (Wildman–Crippen MR) is 83.0 cm³/mol. The van der Waals surface area contributed by atoms with Gasteiger partial charge in [-0.25, -0.2) is 0 Å². The Hall–Kier alpha value is -1.41. The normalized spacial score (nSPS) is 23.7. The molecule has 0 N–H and O–H groups in total. The van der Waals surface area contributed by atoms with Gasteiger partial charge in [-0.05, 0) is 26.4 Å². The van der Waals surface area contributed by atoms with Gasteiger partial charge < -0.3 is 9.80 Å². The minimum Gasteiger partial charge on any atom is -0.364 e. The maximum atomic E-state index is 13.8. The highest BCUT2D eigenvalue weighted by molar-refractivity contribution is 5.49. The number of anilines is 1. The Morgan fingerprint density at radius 1 is 0.917 bits per heavy atom. The van der Waals surface area contributed by atoms with E-state index in [9.17, 15) is 17.6 Å². The number of halogens is 4. The highest BCUT2D eigenvalue weighted by Gasteiger charge is 2.29. The van der Waals surface area contributed by atoms with Gasteiger partial charge in [0.2, 0.25) is 11.6 Å². The lowest BCUT2D eigenvalue weighted by Crippen LogP contribution is -2.52. The molecular weight excluding hydrogens is 324 g/mol. The minimum atomic E-state index is -1.60. The van der Waals surface area contributed by atoms with Gasteiger partial charge >= 0.3 is 0 Å². The van der Waals surface area contributed by atoms with Gasteiger partial charge in [0.25, 0.3) is 11.9 Å². The first-order chi connectivity index (χ1) is 11.5. The van der Waals surface area contributed by atoms with Crippen LogP contribution in [0, 0.1) is 23.5 Å². The zero-order valence-electron chi connectivity index (χ0n) is 13.7. The molecule has 0 bridgehead atoms. The number of likely N-dealkylation sites (tertiary alicyclic amines) is 1. The van der Waals surface area contributed by atoms with E-state index in [4.69, 9.17) is 0 Å². The Morgan fingerprint density at radius 2 is 1.54 bits per heavy atom. The van der Waals surface area contributed by atoms with Crippen LogP contribution in [0.4, 0.5) is 23.2 Å². The van der Waals surface area contributed by atoms with Gasteiger partial charge in [0, 0.05) is 38.8 Å². The first-order valence-corrected chi connectivity index (χ1v) is 8.35. The molecule has 8 heteroatoms. The monoisotopic (exact) mass is 346 g/mol. The summed E-state index contributed by atoms with van der Waals surface area (Å²) in [5.74, 6) is -6.05. The predicted octanol–water partition coefficient (Wildman–Crippen LogP) is 2.24. The highest BCUT2D eigenvalue weighted by atomic mass is 19.2. The molecule has 0 saturated carbocycles. The second-order valence-electron chi connectivity index (χ2n) is 6.59. The fourth-order valence-electron chi connectivity index (χ4n) is 3.58. The summed E-state index contributed by atoms with van der Waals surface area (Å²) in [6, 6.07) is 0.495. The van der Waals surface area contributed by atoms with E-state index in [-0.39, 0.29) is 0 Å². The Morgan fingerprint density at radius 3 is 2.12 bits per heavy atom. The summed E-state index contributed by atoms with van der Waals surface area (Å²) in [6.45, 7) is 3.87. The molecule has 0 aliphatic carbocycles.